The van der Waals surface area contributed by atoms with E-state index in [4.69, 9.17) is 5.73 Å². The van der Waals surface area contributed by atoms with Crippen LogP contribution in [-0.4, -0.2) is 59.6 Å². The van der Waals surface area contributed by atoms with Crippen LogP contribution in [0.4, 0.5) is 0 Å². The van der Waals surface area contributed by atoms with Gasteiger partial charge in [0.25, 0.3) is 5.91 Å². The minimum Gasteiger partial charge on any atom is -0.346 e. The van der Waals surface area contributed by atoms with Crippen LogP contribution in [0.15, 0.2) is 25.3 Å². The number of amides is 3. The molecule has 0 radical (unpaired) electrons. The Hall–Kier alpha value is -2.48. The first-order chi connectivity index (χ1) is 15.8. The van der Waals surface area contributed by atoms with E-state index in [1.807, 2.05) is 6.92 Å². The van der Waals surface area contributed by atoms with Gasteiger partial charge in [0.15, 0.2) is 0 Å². The highest BCUT2D eigenvalue weighted by Gasteiger charge is 2.44. The van der Waals surface area contributed by atoms with E-state index in [2.05, 4.69) is 23.8 Å². The molecule has 4 atom stereocenters. The summed E-state index contributed by atoms with van der Waals surface area (Å²) in [7, 11) is 0. The van der Waals surface area contributed by atoms with Gasteiger partial charge in [-0.15, -0.1) is 13.2 Å². The number of nitrogens with zero attached hydrogens (tertiary/aromatic N) is 1. The van der Waals surface area contributed by atoms with Crippen molar-refractivity contribution in [1.29, 1.82) is 0 Å². The van der Waals surface area contributed by atoms with Gasteiger partial charge in [-0.25, -0.2) is 0 Å². The molecular weight excluding hydrogens is 420 g/mol. The van der Waals surface area contributed by atoms with Crippen molar-refractivity contribution < 1.29 is 19.2 Å². The average molecular weight is 461 g/mol. The van der Waals surface area contributed by atoms with E-state index < -0.39 is 35.7 Å². The van der Waals surface area contributed by atoms with E-state index in [9.17, 15) is 19.2 Å². The number of hydrogen-bond acceptors (Lipinski definition) is 5. The fourth-order valence-corrected chi connectivity index (χ4v) is 4.88. The van der Waals surface area contributed by atoms with Crippen LogP contribution in [0.25, 0.3) is 0 Å². The number of ketones is 1. The zero-order valence-corrected chi connectivity index (χ0v) is 19.9. The predicted molar refractivity (Wildman–Crippen MR) is 128 cm³/mol. The van der Waals surface area contributed by atoms with Crippen LogP contribution in [0.3, 0.4) is 0 Å². The summed E-state index contributed by atoms with van der Waals surface area (Å²) >= 11 is 0. The Morgan fingerprint density at radius 1 is 1.12 bits per heavy atom. The van der Waals surface area contributed by atoms with Gasteiger partial charge in [-0.1, -0.05) is 51.2 Å². The van der Waals surface area contributed by atoms with Crippen LogP contribution in [0.5, 0.6) is 0 Å². The van der Waals surface area contributed by atoms with E-state index >= 15 is 0 Å². The lowest BCUT2D eigenvalue weighted by Crippen LogP contribution is -2.57. The fraction of sp³-hybridized carbons (Fsp3) is 0.680. The zero-order chi connectivity index (χ0) is 24.4. The second-order valence-corrected chi connectivity index (χ2v) is 9.15. The second-order valence-electron chi connectivity index (χ2n) is 9.15. The molecule has 3 amide bonds. The van der Waals surface area contributed by atoms with Crippen LogP contribution in [0.2, 0.25) is 0 Å². The van der Waals surface area contributed by atoms with Crippen LogP contribution in [0.1, 0.15) is 64.7 Å². The molecular formula is C25H40N4O4. The van der Waals surface area contributed by atoms with Crippen molar-refractivity contribution in [1.82, 2.24) is 15.5 Å². The van der Waals surface area contributed by atoms with Gasteiger partial charge >= 0.3 is 0 Å². The van der Waals surface area contributed by atoms with Crippen LogP contribution in [-0.2, 0) is 19.2 Å². The molecule has 2 unspecified atom stereocenters. The highest BCUT2D eigenvalue weighted by Crippen LogP contribution is 2.30. The van der Waals surface area contributed by atoms with Gasteiger partial charge in [-0.05, 0) is 31.6 Å². The third kappa shape index (κ3) is 7.00. The molecule has 184 valence electrons. The molecule has 0 bridgehead atoms. The highest BCUT2D eigenvalue weighted by molar-refractivity contribution is 6.38. The summed E-state index contributed by atoms with van der Waals surface area (Å²) in [5, 5.41) is 5.24. The molecule has 1 saturated carbocycles. The summed E-state index contributed by atoms with van der Waals surface area (Å²) in [4.78, 5) is 53.1. The van der Waals surface area contributed by atoms with Gasteiger partial charge in [-0.2, -0.15) is 0 Å². The number of nitrogens with one attached hydrogen (secondary N) is 2. The Bertz CT molecular complexity index is 732. The van der Waals surface area contributed by atoms with Crippen molar-refractivity contribution in [2.45, 2.75) is 82.8 Å². The number of carbonyl (C=O) groups is 4. The number of likely N-dealkylation sites (tertiary alicyclic amines) is 1. The van der Waals surface area contributed by atoms with Crippen LogP contribution < -0.4 is 16.4 Å². The molecule has 0 aromatic rings. The molecule has 8 heteroatoms. The topological polar surface area (TPSA) is 122 Å². The second kappa shape index (κ2) is 13.3. The summed E-state index contributed by atoms with van der Waals surface area (Å²) in [6.07, 6.45) is 10.8. The van der Waals surface area contributed by atoms with Crippen molar-refractivity contribution in [3.63, 3.8) is 0 Å². The fourth-order valence-electron chi connectivity index (χ4n) is 4.88. The van der Waals surface area contributed by atoms with Crippen LogP contribution >= 0.6 is 0 Å². The molecule has 33 heavy (non-hydrogen) atoms. The standard InChI is InChI=1S/C25H40N4O4/c1-4-7-13-19(22(30)24(32)27-15-5-2)28-23(31)21-17(6-3)14-16-29(21)25(33)20(26)18-11-9-8-10-12-18/h5-6,17-21H,2-4,7-16,26H2,1H3,(H,27,32)(H,28,31)/t17?,19?,20-,21-/m0/s1. The lowest BCUT2D eigenvalue weighted by Gasteiger charge is -2.33. The summed E-state index contributed by atoms with van der Waals surface area (Å²) in [5.74, 6) is -2.20. The lowest BCUT2D eigenvalue weighted by atomic mass is 9.83. The number of unbranched alkanes of at least 4 members (excludes halogenated alkanes) is 1. The maximum atomic E-state index is 13.3. The van der Waals surface area contributed by atoms with Crippen molar-refractivity contribution in [3.05, 3.63) is 25.3 Å². The maximum Gasteiger partial charge on any atom is 0.289 e. The molecule has 2 fully saturated rings. The molecule has 1 saturated heterocycles. The molecule has 0 aromatic heterocycles. The van der Waals surface area contributed by atoms with Crippen molar-refractivity contribution >= 4 is 23.5 Å². The first-order valence-electron chi connectivity index (χ1n) is 12.3. The SMILES string of the molecule is C=CCNC(=O)C(=O)C(CCCC)NC(=O)[C@@H]1C(C=C)CCN1C(=O)[C@@H](N)C1CCCCC1. The zero-order valence-electron chi connectivity index (χ0n) is 19.9. The van der Waals surface area contributed by atoms with Gasteiger partial charge in [-0.3, -0.25) is 19.2 Å². The van der Waals surface area contributed by atoms with Gasteiger partial charge in [0.05, 0.1) is 12.1 Å². The van der Waals surface area contributed by atoms with E-state index in [0.29, 0.717) is 25.8 Å². The largest absolute Gasteiger partial charge is 0.346 e. The number of Topliss-reactive ketones (excluding diaryl/α,β-unsaturated/α-hetero) is 1. The van der Waals surface area contributed by atoms with E-state index in [1.165, 1.54) is 6.08 Å². The minimum absolute atomic E-state index is 0.130. The molecule has 1 aliphatic carbocycles. The summed E-state index contributed by atoms with van der Waals surface area (Å²) in [5.41, 5.74) is 6.36. The number of carbonyl (C=O) groups excluding carboxylic acids is 4. The van der Waals surface area contributed by atoms with E-state index in [-0.39, 0.29) is 24.3 Å². The molecule has 4 N–H and O–H groups in total. The van der Waals surface area contributed by atoms with Gasteiger partial charge in [0, 0.05) is 19.0 Å². The molecule has 2 rings (SSSR count). The minimum atomic E-state index is -0.947. The van der Waals surface area contributed by atoms with Crippen molar-refractivity contribution in [2.24, 2.45) is 17.6 Å². The third-order valence-electron chi connectivity index (χ3n) is 6.85. The Labute approximate surface area is 197 Å². The van der Waals surface area contributed by atoms with Gasteiger partial charge in [0.2, 0.25) is 17.6 Å². The number of hydrogen-bond donors (Lipinski definition) is 3. The first kappa shape index (κ1) is 26.8. The molecule has 0 aromatic carbocycles. The molecule has 2 aliphatic rings. The quantitative estimate of drug-likeness (QED) is 0.303. The monoisotopic (exact) mass is 460 g/mol. The van der Waals surface area contributed by atoms with E-state index in [0.717, 1.165) is 38.5 Å². The Kier molecular flexibility index (Phi) is 10.8. The molecule has 1 heterocycles. The van der Waals surface area contributed by atoms with Gasteiger partial charge in [0.1, 0.15) is 6.04 Å². The number of rotatable bonds is 12. The van der Waals surface area contributed by atoms with Gasteiger partial charge < -0.3 is 21.3 Å². The van der Waals surface area contributed by atoms with E-state index in [1.54, 1.807) is 11.0 Å². The summed E-state index contributed by atoms with van der Waals surface area (Å²) in [6, 6.07) is -2.36. The average Bonchev–Trinajstić information content (AvgIpc) is 3.28. The maximum absolute atomic E-state index is 13.3. The molecule has 0 spiro atoms. The Morgan fingerprint density at radius 3 is 2.42 bits per heavy atom. The summed E-state index contributed by atoms with van der Waals surface area (Å²) < 4.78 is 0. The molecule has 1 aliphatic heterocycles. The van der Waals surface area contributed by atoms with Crippen molar-refractivity contribution in [2.75, 3.05) is 13.1 Å². The molecule has 8 nitrogen and oxygen atoms in total. The third-order valence-corrected chi connectivity index (χ3v) is 6.85. The smallest absolute Gasteiger partial charge is 0.289 e. The normalized spacial score (nSPS) is 22.8. The summed E-state index contributed by atoms with van der Waals surface area (Å²) in [6.45, 7) is 9.92. The van der Waals surface area contributed by atoms with Crippen molar-refractivity contribution in [3.8, 4) is 0 Å². The lowest BCUT2D eigenvalue weighted by molar-refractivity contribution is -0.143. The first-order valence-corrected chi connectivity index (χ1v) is 12.3. The number of nitrogens with two attached hydrogens (primary N) is 1. The Balaban J connectivity index is 2.15. The Morgan fingerprint density at radius 2 is 1.82 bits per heavy atom. The highest BCUT2D eigenvalue weighted by atomic mass is 16.2. The predicted octanol–water partition coefficient (Wildman–Crippen LogP) is 1.84. The van der Waals surface area contributed by atoms with Crippen LogP contribution in [0, 0.1) is 11.8 Å².